The maximum atomic E-state index is 5.86. The molecule has 1 aromatic rings. The van der Waals surface area contributed by atoms with Crippen LogP contribution in [0.1, 0.15) is 39.1 Å². The number of hydrogen-bond donors (Lipinski definition) is 2. The number of hydrogen-bond acceptors (Lipinski definition) is 4. The molecule has 0 bridgehead atoms. The fourth-order valence-electron chi connectivity index (χ4n) is 1.26. The highest BCUT2D eigenvalue weighted by molar-refractivity contribution is 5.55. The average Bonchev–Trinajstić information content (AvgIpc) is 2.24. The first-order valence-electron chi connectivity index (χ1n) is 5.85. The molecular weight excluding hydrogens is 200 g/mol. The molecule has 1 heterocycles. The molecule has 0 fully saturated rings. The van der Waals surface area contributed by atoms with Crippen LogP contribution in [0.4, 0.5) is 11.6 Å². The van der Waals surface area contributed by atoms with Crippen molar-refractivity contribution in [2.45, 2.75) is 47.1 Å². The first kappa shape index (κ1) is 12.7. The molecule has 4 heteroatoms. The van der Waals surface area contributed by atoms with Gasteiger partial charge in [0.1, 0.15) is 17.5 Å². The fourth-order valence-corrected chi connectivity index (χ4v) is 1.26. The van der Waals surface area contributed by atoms with Gasteiger partial charge in [0.25, 0.3) is 0 Å². The normalized spacial score (nSPS) is 12.9. The van der Waals surface area contributed by atoms with Crippen LogP contribution in [-0.4, -0.2) is 16.0 Å². The zero-order valence-corrected chi connectivity index (χ0v) is 10.8. The van der Waals surface area contributed by atoms with Crippen LogP contribution in [0.15, 0.2) is 0 Å². The zero-order valence-electron chi connectivity index (χ0n) is 10.8. The molecule has 4 nitrogen and oxygen atoms in total. The summed E-state index contributed by atoms with van der Waals surface area (Å²) in [7, 11) is 0. The summed E-state index contributed by atoms with van der Waals surface area (Å²) in [5.74, 6) is 2.79. The lowest BCUT2D eigenvalue weighted by Crippen LogP contribution is -2.23. The van der Waals surface area contributed by atoms with Crippen molar-refractivity contribution in [1.82, 2.24) is 9.97 Å². The largest absolute Gasteiger partial charge is 0.383 e. The van der Waals surface area contributed by atoms with Gasteiger partial charge in [-0.25, -0.2) is 9.97 Å². The molecule has 1 rings (SSSR count). The van der Waals surface area contributed by atoms with Crippen LogP contribution >= 0.6 is 0 Å². The molecule has 0 saturated heterocycles. The minimum absolute atomic E-state index is 0.373. The number of nitrogen functional groups attached to an aromatic ring is 1. The lowest BCUT2D eigenvalue weighted by atomic mass is 10.1. The van der Waals surface area contributed by atoms with E-state index in [9.17, 15) is 0 Å². The third-order valence-corrected chi connectivity index (χ3v) is 2.91. The SMILES string of the molecule is CCc1nc(N)c(C)c(NC(C)C(C)C)n1. The summed E-state index contributed by atoms with van der Waals surface area (Å²) in [6, 6.07) is 0.373. The molecule has 1 unspecified atom stereocenters. The van der Waals surface area contributed by atoms with E-state index in [4.69, 9.17) is 5.73 Å². The van der Waals surface area contributed by atoms with Gasteiger partial charge in [0.15, 0.2) is 0 Å². The van der Waals surface area contributed by atoms with Gasteiger partial charge in [-0.2, -0.15) is 0 Å². The Morgan fingerprint density at radius 1 is 1.25 bits per heavy atom. The highest BCUT2D eigenvalue weighted by atomic mass is 15.1. The van der Waals surface area contributed by atoms with E-state index in [0.717, 1.165) is 23.6 Å². The monoisotopic (exact) mass is 222 g/mol. The number of nitrogens with one attached hydrogen (secondary N) is 1. The molecule has 90 valence electrons. The van der Waals surface area contributed by atoms with Crippen LogP contribution in [0, 0.1) is 12.8 Å². The van der Waals surface area contributed by atoms with Gasteiger partial charge in [0, 0.05) is 18.0 Å². The van der Waals surface area contributed by atoms with Crippen molar-refractivity contribution in [2.24, 2.45) is 5.92 Å². The Labute approximate surface area is 97.7 Å². The minimum Gasteiger partial charge on any atom is -0.383 e. The number of nitrogens with two attached hydrogens (primary N) is 1. The first-order valence-corrected chi connectivity index (χ1v) is 5.85. The molecule has 16 heavy (non-hydrogen) atoms. The van der Waals surface area contributed by atoms with E-state index < -0.39 is 0 Å². The van der Waals surface area contributed by atoms with E-state index >= 15 is 0 Å². The quantitative estimate of drug-likeness (QED) is 0.821. The van der Waals surface area contributed by atoms with Crippen molar-refractivity contribution >= 4 is 11.6 Å². The summed E-state index contributed by atoms with van der Waals surface area (Å²) < 4.78 is 0. The Hall–Kier alpha value is -1.32. The lowest BCUT2D eigenvalue weighted by Gasteiger charge is -2.20. The Morgan fingerprint density at radius 3 is 2.38 bits per heavy atom. The molecule has 0 radical (unpaired) electrons. The first-order chi connectivity index (χ1) is 7.45. The smallest absolute Gasteiger partial charge is 0.134 e. The van der Waals surface area contributed by atoms with Crippen molar-refractivity contribution < 1.29 is 0 Å². The van der Waals surface area contributed by atoms with Gasteiger partial charge in [-0.15, -0.1) is 0 Å². The molecule has 3 N–H and O–H groups in total. The van der Waals surface area contributed by atoms with Gasteiger partial charge >= 0.3 is 0 Å². The summed E-state index contributed by atoms with van der Waals surface area (Å²) >= 11 is 0. The van der Waals surface area contributed by atoms with Gasteiger partial charge in [-0.1, -0.05) is 20.8 Å². The summed E-state index contributed by atoms with van der Waals surface area (Å²) in [5.41, 5.74) is 6.79. The van der Waals surface area contributed by atoms with Crippen molar-refractivity contribution in [3.8, 4) is 0 Å². The number of rotatable bonds is 4. The van der Waals surface area contributed by atoms with E-state index in [0.29, 0.717) is 17.8 Å². The van der Waals surface area contributed by atoms with Crippen LogP contribution < -0.4 is 11.1 Å². The van der Waals surface area contributed by atoms with Gasteiger partial charge in [0.2, 0.25) is 0 Å². The van der Waals surface area contributed by atoms with Crippen molar-refractivity contribution in [3.63, 3.8) is 0 Å². The Morgan fingerprint density at radius 2 is 1.88 bits per heavy atom. The Bertz CT molecular complexity index is 360. The van der Waals surface area contributed by atoms with Crippen molar-refractivity contribution in [3.05, 3.63) is 11.4 Å². The van der Waals surface area contributed by atoms with Crippen LogP contribution in [-0.2, 0) is 6.42 Å². The van der Waals surface area contributed by atoms with Crippen LogP contribution in [0.5, 0.6) is 0 Å². The summed E-state index contributed by atoms with van der Waals surface area (Å²) in [5, 5.41) is 3.39. The average molecular weight is 222 g/mol. The van der Waals surface area contributed by atoms with Crippen LogP contribution in [0.2, 0.25) is 0 Å². The third kappa shape index (κ3) is 2.84. The summed E-state index contributed by atoms with van der Waals surface area (Å²) in [4.78, 5) is 8.70. The maximum Gasteiger partial charge on any atom is 0.134 e. The summed E-state index contributed by atoms with van der Waals surface area (Å²) in [6.45, 7) is 10.5. The fraction of sp³-hybridized carbons (Fsp3) is 0.667. The molecule has 1 aromatic heterocycles. The lowest BCUT2D eigenvalue weighted by molar-refractivity contribution is 0.557. The summed E-state index contributed by atoms with van der Waals surface area (Å²) in [6.07, 6.45) is 0.801. The topological polar surface area (TPSA) is 63.8 Å². The second-order valence-corrected chi connectivity index (χ2v) is 4.53. The van der Waals surface area contributed by atoms with E-state index in [1.165, 1.54) is 0 Å². The van der Waals surface area contributed by atoms with Gasteiger partial charge < -0.3 is 11.1 Å². The number of anilines is 2. The van der Waals surface area contributed by atoms with Crippen molar-refractivity contribution in [2.75, 3.05) is 11.1 Å². The molecule has 0 amide bonds. The Kier molecular flexibility index (Phi) is 4.10. The van der Waals surface area contributed by atoms with Crippen LogP contribution in [0.3, 0.4) is 0 Å². The Balaban J connectivity index is 2.98. The standard InChI is InChI=1S/C12H22N4/c1-6-10-15-11(13)8(4)12(16-10)14-9(5)7(2)3/h7,9H,6H2,1-5H3,(H3,13,14,15,16). The molecule has 0 saturated carbocycles. The van der Waals surface area contributed by atoms with Crippen molar-refractivity contribution in [1.29, 1.82) is 0 Å². The molecule has 0 aromatic carbocycles. The predicted molar refractivity (Wildman–Crippen MR) is 68.5 cm³/mol. The molecule has 0 aliphatic carbocycles. The highest BCUT2D eigenvalue weighted by Crippen LogP contribution is 2.19. The van der Waals surface area contributed by atoms with E-state index in [-0.39, 0.29) is 0 Å². The number of aromatic nitrogens is 2. The maximum absolute atomic E-state index is 5.86. The van der Waals surface area contributed by atoms with E-state index in [1.807, 2.05) is 13.8 Å². The molecule has 0 aliphatic rings. The minimum atomic E-state index is 0.373. The molecule has 0 aliphatic heterocycles. The van der Waals surface area contributed by atoms with E-state index in [2.05, 4.69) is 36.1 Å². The van der Waals surface area contributed by atoms with Gasteiger partial charge in [-0.05, 0) is 19.8 Å². The zero-order chi connectivity index (χ0) is 12.3. The second kappa shape index (κ2) is 5.14. The highest BCUT2D eigenvalue weighted by Gasteiger charge is 2.12. The van der Waals surface area contributed by atoms with Crippen LogP contribution in [0.25, 0.3) is 0 Å². The molecule has 1 atom stereocenters. The van der Waals surface area contributed by atoms with Gasteiger partial charge in [0.05, 0.1) is 0 Å². The molecular formula is C12H22N4. The molecule has 0 spiro atoms. The van der Waals surface area contributed by atoms with Gasteiger partial charge in [-0.3, -0.25) is 0 Å². The van der Waals surface area contributed by atoms with E-state index in [1.54, 1.807) is 0 Å². The number of nitrogens with zero attached hydrogens (tertiary/aromatic N) is 2. The predicted octanol–water partition coefficient (Wildman–Crippen LogP) is 2.39. The third-order valence-electron chi connectivity index (χ3n) is 2.91. The second-order valence-electron chi connectivity index (χ2n) is 4.53. The number of aryl methyl sites for hydroxylation is 1.